The zero-order valence-electron chi connectivity index (χ0n) is 13.3. The summed E-state index contributed by atoms with van der Waals surface area (Å²) in [5.41, 5.74) is 1.64. The second-order valence-corrected chi connectivity index (χ2v) is 5.97. The van der Waals surface area contributed by atoms with Gasteiger partial charge in [-0.2, -0.15) is 0 Å². The van der Waals surface area contributed by atoms with Gasteiger partial charge in [-0.25, -0.2) is 4.39 Å². The predicted octanol–water partition coefficient (Wildman–Crippen LogP) is 3.19. The van der Waals surface area contributed by atoms with Crippen LogP contribution in [0.25, 0.3) is 0 Å². The van der Waals surface area contributed by atoms with Crippen LogP contribution in [0.2, 0.25) is 0 Å². The lowest BCUT2D eigenvalue weighted by Gasteiger charge is -2.26. The molecule has 4 heteroatoms. The van der Waals surface area contributed by atoms with E-state index in [1.807, 2.05) is 24.9 Å². The first kappa shape index (κ1) is 16.9. The second-order valence-electron chi connectivity index (χ2n) is 5.97. The molecule has 0 spiro atoms. The summed E-state index contributed by atoms with van der Waals surface area (Å²) in [6.07, 6.45) is 0. The third kappa shape index (κ3) is 5.47. The smallest absolute Gasteiger partial charge is 0.146 e. The van der Waals surface area contributed by atoms with Gasteiger partial charge in [0.2, 0.25) is 0 Å². The topological polar surface area (TPSA) is 24.5 Å². The fourth-order valence-electron chi connectivity index (χ4n) is 1.95. The molecule has 0 aromatic heterocycles. The summed E-state index contributed by atoms with van der Waals surface area (Å²) < 4.78 is 19.5. The lowest BCUT2D eigenvalue weighted by atomic mass is 10.1. The Morgan fingerprint density at radius 3 is 2.60 bits per heavy atom. The van der Waals surface area contributed by atoms with E-state index in [9.17, 15) is 4.39 Å². The number of halogens is 1. The van der Waals surface area contributed by atoms with Crippen molar-refractivity contribution in [2.45, 2.75) is 39.8 Å². The van der Waals surface area contributed by atoms with Gasteiger partial charge >= 0.3 is 0 Å². The molecular formula is C16H27FN2O. The van der Waals surface area contributed by atoms with Crippen molar-refractivity contribution in [3.8, 4) is 0 Å². The summed E-state index contributed by atoms with van der Waals surface area (Å²) in [5.74, 6) is -0.183. The van der Waals surface area contributed by atoms with E-state index in [1.54, 1.807) is 6.07 Å². The number of nitrogens with zero attached hydrogens (tertiary/aromatic N) is 1. The molecule has 0 saturated heterocycles. The van der Waals surface area contributed by atoms with E-state index in [1.165, 1.54) is 6.07 Å². The van der Waals surface area contributed by atoms with E-state index in [0.29, 0.717) is 32.0 Å². The highest BCUT2D eigenvalue weighted by Crippen LogP contribution is 2.24. The van der Waals surface area contributed by atoms with Gasteiger partial charge in [0.05, 0.1) is 12.3 Å². The summed E-state index contributed by atoms with van der Waals surface area (Å²) in [6, 6.07) is 5.23. The van der Waals surface area contributed by atoms with Gasteiger partial charge in [-0.15, -0.1) is 0 Å². The van der Waals surface area contributed by atoms with Gasteiger partial charge in [0, 0.05) is 32.3 Å². The van der Waals surface area contributed by atoms with Crippen molar-refractivity contribution >= 4 is 5.69 Å². The van der Waals surface area contributed by atoms with Crippen molar-refractivity contribution in [3.05, 3.63) is 29.6 Å². The van der Waals surface area contributed by atoms with Gasteiger partial charge < -0.3 is 15.0 Å². The number of nitrogens with one attached hydrogen (secondary N) is 1. The number of benzene rings is 1. The van der Waals surface area contributed by atoms with Gasteiger partial charge in [-0.1, -0.05) is 12.1 Å². The van der Waals surface area contributed by atoms with Crippen molar-refractivity contribution < 1.29 is 9.13 Å². The van der Waals surface area contributed by atoms with Gasteiger partial charge in [0.25, 0.3) is 0 Å². The normalized spacial score (nSPS) is 11.7. The molecule has 1 aromatic rings. The van der Waals surface area contributed by atoms with Crippen molar-refractivity contribution in [3.63, 3.8) is 0 Å². The number of rotatable bonds is 7. The molecule has 3 nitrogen and oxygen atoms in total. The van der Waals surface area contributed by atoms with Crippen LogP contribution in [0.3, 0.4) is 0 Å². The van der Waals surface area contributed by atoms with Crippen molar-refractivity contribution in [2.24, 2.45) is 0 Å². The zero-order valence-corrected chi connectivity index (χ0v) is 13.3. The molecule has 0 aliphatic heterocycles. The van der Waals surface area contributed by atoms with Gasteiger partial charge in [-0.3, -0.25) is 0 Å². The van der Waals surface area contributed by atoms with Crippen molar-refractivity contribution in [2.75, 3.05) is 31.7 Å². The average Bonchev–Trinajstić information content (AvgIpc) is 2.35. The quantitative estimate of drug-likeness (QED) is 0.777. The summed E-state index contributed by atoms with van der Waals surface area (Å²) in [5, 5.41) is 3.40. The maximum absolute atomic E-state index is 14.1. The second kappa shape index (κ2) is 7.60. The third-order valence-electron chi connectivity index (χ3n) is 3.04. The highest BCUT2D eigenvalue weighted by atomic mass is 19.1. The number of ether oxygens (including phenoxy) is 1. The molecule has 1 N–H and O–H groups in total. The highest BCUT2D eigenvalue weighted by Gasteiger charge is 2.15. The lowest BCUT2D eigenvalue weighted by molar-refractivity contribution is 0.154. The summed E-state index contributed by atoms with van der Waals surface area (Å²) >= 11 is 0. The van der Waals surface area contributed by atoms with Crippen molar-refractivity contribution in [1.29, 1.82) is 0 Å². The molecule has 0 bridgehead atoms. The first-order valence-corrected chi connectivity index (χ1v) is 7.16. The van der Waals surface area contributed by atoms with Crippen LogP contribution in [0, 0.1) is 5.82 Å². The molecule has 1 aromatic carbocycles. The minimum Gasteiger partial charge on any atom is -0.380 e. The zero-order chi connectivity index (χ0) is 15.2. The maximum Gasteiger partial charge on any atom is 0.146 e. The van der Waals surface area contributed by atoms with E-state index >= 15 is 0 Å². The minimum absolute atomic E-state index is 0.00742. The number of hydrogen-bond donors (Lipinski definition) is 1. The largest absolute Gasteiger partial charge is 0.380 e. The molecule has 20 heavy (non-hydrogen) atoms. The number of likely N-dealkylation sites (N-methyl/N-ethyl adjacent to an activating group) is 1. The Labute approximate surface area is 122 Å². The SMILES string of the molecule is CCOCCN(C)c1c(F)cccc1CNC(C)(C)C. The van der Waals surface area contributed by atoms with Crippen LogP contribution in [-0.2, 0) is 11.3 Å². The Morgan fingerprint density at radius 1 is 1.30 bits per heavy atom. The monoisotopic (exact) mass is 282 g/mol. The van der Waals surface area contributed by atoms with Crippen LogP contribution in [0.4, 0.5) is 10.1 Å². The Kier molecular flexibility index (Phi) is 6.43. The molecule has 114 valence electrons. The van der Waals surface area contributed by atoms with Crippen LogP contribution in [0.15, 0.2) is 18.2 Å². The predicted molar refractivity (Wildman–Crippen MR) is 82.8 cm³/mol. The Hall–Kier alpha value is -1.13. The molecule has 0 saturated carbocycles. The van der Waals surface area contributed by atoms with Gasteiger partial charge in [0.15, 0.2) is 0 Å². The Morgan fingerprint density at radius 2 is 2.00 bits per heavy atom. The van der Waals surface area contributed by atoms with Crippen LogP contribution >= 0.6 is 0 Å². The van der Waals surface area contributed by atoms with Crippen molar-refractivity contribution in [1.82, 2.24) is 5.32 Å². The van der Waals surface area contributed by atoms with Gasteiger partial charge in [-0.05, 0) is 39.3 Å². The molecule has 0 aliphatic carbocycles. The Bertz CT molecular complexity index is 415. The molecule has 0 unspecified atom stereocenters. The summed E-state index contributed by atoms with van der Waals surface area (Å²) in [7, 11) is 1.90. The number of hydrogen-bond acceptors (Lipinski definition) is 3. The molecule has 0 amide bonds. The number of para-hydroxylation sites is 1. The molecule has 0 fully saturated rings. The minimum atomic E-state index is -0.183. The molecule has 0 atom stereocenters. The van der Waals surface area contributed by atoms with E-state index in [0.717, 1.165) is 5.56 Å². The van der Waals surface area contributed by atoms with Crippen LogP contribution in [-0.4, -0.2) is 32.3 Å². The van der Waals surface area contributed by atoms with Crippen LogP contribution in [0.1, 0.15) is 33.3 Å². The number of anilines is 1. The summed E-state index contributed by atoms with van der Waals surface area (Å²) in [4.78, 5) is 1.92. The third-order valence-corrected chi connectivity index (χ3v) is 3.04. The van der Waals surface area contributed by atoms with Crippen LogP contribution < -0.4 is 10.2 Å². The van der Waals surface area contributed by atoms with Gasteiger partial charge in [0.1, 0.15) is 5.82 Å². The fourth-order valence-corrected chi connectivity index (χ4v) is 1.95. The average molecular weight is 282 g/mol. The highest BCUT2D eigenvalue weighted by molar-refractivity contribution is 5.54. The standard InChI is InChI=1S/C16H27FN2O/c1-6-20-11-10-19(5)15-13(8-7-9-14(15)17)12-18-16(2,3)4/h7-9,18H,6,10-12H2,1-5H3. The van der Waals surface area contributed by atoms with E-state index in [-0.39, 0.29) is 11.4 Å². The lowest BCUT2D eigenvalue weighted by Crippen LogP contribution is -2.36. The summed E-state index contributed by atoms with van der Waals surface area (Å²) in [6.45, 7) is 10.9. The molecule has 0 radical (unpaired) electrons. The molecule has 1 rings (SSSR count). The van der Waals surface area contributed by atoms with E-state index < -0.39 is 0 Å². The van der Waals surface area contributed by atoms with E-state index in [2.05, 4.69) is 26.1 Å². The first-order chi connectivity index (χ1) is 9.35. The van der Waals surface area contributed by atoms with Crippen LogP contribution in [0.5, 0.6) is 0 Å². The van der Waals surface area contributed by atoms with E-state index in [4.69, 9.17) is 4.74 Å². The molecule has 0 aliphatic rings. The fraction of sp³-hybridized carbons (Fsp3) is 0.625. The molecule has 0 heterocycles. The first-order valence-electron chi connectivity index (χ1n) is 7.16. The molecular weight excluding hydrogens is 255 g/mol. The maximum atomic E-state index is 14.1. The Balaban J connectivity index is 2.82.